The number of hydrogen-bond donors (Lipinski definition) is 1. The zero-order valence-corrected chi connectivity index (χ0v) is 14.3. The third kappa shape index (κ3) is 4.98. The van der Waals surface area contributed by atoms with E-state index in [2.05, 4.69) is 5.32 Å². The molecule has 0 heterocycles. The van der Waals surface area contributed by atoms with Crippen LogP contribution in [-0.2, 0) is 9.59 Å². The van der Waals surface area contributed by atoms with Gasteiger partial charge in [-0.2, -0.15) is 0 Å². The number of benzene rings is 2. The maximum atomic E-state index is 12.2. The van der Waals surface area contributed by atoms with Gasteiger partial charge in [-0.15, -0.1) is 0 Å². The summed E-state index contributed by atoms with van der Waals surface area (Å²) >= 11 is 11.9. The van der Waals surface area contributed by atoms with E-state index >= 15 is 0 Å². The Morgan fingerprint density at radius 1 is 1.09 bits per heavy atom. The highest BCUT2D eigenvalue weighted by Crippen LogP contribution is 2.25. The van der Waals surface area contributed by atoms with Gasteiger partial charge >= 0.3 is 0 Å². The van der Waals surface area contributed by atoms with Gasteiger partial charge in [-0.05, 0) is 42.8 Å². The van der Waals surface area contributed by atoms with Crippen molar-refractivity contribution in [2.45, 2.75) is 13.8 Å². The first-order valence-electron chi connectivity index (χ1n) is 6.96. The zero-order valence-electron chi connectivity index (χ0n) is 12.8. The summed E-state index contributed by atoms with van der Waals surface area (Å²) in [6, 6.07) is 12.2. The van der Waals surface area contributed by atoms with Crippen LogP contribution in [0.2, 0.25) is 10.0 Å². The molecule has 0 saturated heterocycles. The maximum absolute atomic E-state index is 12.2. The van der Waals surface area contributed by atoms with Crippen molar-refractivity contribution >= 4 is 46.4 Å². The molecule has 0 aliphatic rings. The highest BCUT2D eigenvalue weighted by Gasteiger charge is 2.17. The van der Waals surface area contributed by atoms with E-state index in [0.717, 1.165) is 5.56 Å². The van der Waals surface area contributed by atoms with Crippen LogP contribution < -0.4 is 10.2 Å². The Morgan fingerprint density at radius 2 is 1.74 bits per heavy atom. The molecule has 4 nitrogen and oxygen atoms in total. The van der Waals surface area contributed by atoms with Gasteiger partial charge in [-0.1, -0.05) is 35.3 Å². The molecule has 120 valence electrons. The summed E-state index contributed by atoms with van der Waals surface area (Å²) in [5.41, 5.74) is 2.20. The summed E-state index contributed by atoms with van der Waals surface area (Å²) in [5, 5.41) is 3.57. The fraction of sp³-hybridized carbons (Fsp3) is 0.176. The van der Waals surface area contributed by atoms with E-state index in [-0.39, 0.29) is 18.4 Å². The molecule has 0 spiro atoms. The van der Waals surface area contributed by atoms with Crippen molar-refractivity contribution in [3.8, 4) is 0 Å². The molecule has 0 fully saturated rings. The second-order valence-corrected chi connectivity index (χ2v) is 6.02. The van der Waals surface area contributed by atoms with Gasteiger partial charge in [0.25, 0.3) is 0 Å². The van der Waals surface area contributed by atoms with Crippen molar-refractivity contribution in [3.05, 3.63) is 58.1 Å². The molecule has 2 rings (SSSR count). The summed E-state index contributed by atoms with van der Waals surface area (Å²) < 4.78 is 0. The molecule has 2 aromatic carbocycles. The average Bonchev–Trinajstić information content (AvgIpc) is 2.43. The van der Waals surface area contributed by atoms with Gasteiger partial charge in [0.1, 0.15) is 6.54 Å². The fourth-order valence-electron chi connectivity index (χ4n) is 2.15. The highest BCUT2D eigenvalue weighted by atomic mass is 35.5. The number of carbonyl (C=O) groups excluding carboxylic acids is 2. The number of carbonyl (C=O) groups is 2. The summed E-state index contributed by atoms with van der Waals surface area (Å²) in [7, 11) is 0. The summed E-state index contributed by atoms with van der Waals surface area (Å²) in [6.07, 6.45) is 0. The Balaban J connectivity index is 2.16. The van der Waals surface area contributed by atoms with Gasteiger partial charge in [-0.3, -0.25) is 9.59 Å². The van der Waals surface area contributed by atoms with E-state index in [1.54, 1.807) is 24.3 Å². The summed E-state index contributed by atoms with van der Waals surface area (Å²) in [5.74, 6) is -0.579. The van der Waals surface area contributed by atoms with Crippen LogP contribution in [0.1, 0.15) is 12.5 Å². The van der Waals surface area contributed by atoms with E-state index < -0.39 is 0 Å². The predicted molar refractivity (Wildman–Crippen MR) is 94.3 cm³/mol. The van der Waals surface area contributed by atoms with E-state index in [1.165, 1.54) is 11.8 Å². The Labute approximate surface area is 145 Å². The Hall–Kier alpha value is -2.04. The fourth-order valence-corrected chi connectivity index (χ4v) is 2.66. The molecule has 6 heteroatoms. The van der Waals surface area contributed by atoms with Crippen molar-refractivity contribution in [2.75, 3.05) is 16.8 Å². The Morgan fingerprint density at radius 3 is 2.30 bits per heavy atom. The number of nitrogens with one attached hydrogen (secondary N) is 1. The van der Waals surface area contributed by atoms with E-state index in [4.69, 9.17) is 23.2 Å². The van der Waals surface area contributed by atoms with Gasteiger partial charge < -0.3 is 10.2 Å². The quantitative estimate of drug-likeness (QED) is 0.893. The first-order chi connectivity index (χ1) is 10.8. The molecule has 0 aromatic heterocycles. The highest BCUT2D eigenvalue weighted by molar-refractivity contribution is 6.35. The molecule has 2 amide bonds. The molecular formula is C17H16Cl2N2O2. The van der Waals surface area contributed by atoms with Crippen LogP contribution in [0.5, 0.6) is 0 Å². The monoisotopic (exact) mass is 350 g/mol. The van der Waals surface area contributed by atoms with Crippen LogP contribution in [0.15, 0.2) is 42.5 Å². The maximum Gasteiger partial charge on any atom is 0.244 e. The van der Waals surface area contributed by atoms with Crippen molar-refractivity contribution < 1.29 is 9.59 Å². The molecular weight excluding hydrogens is 335 g/mol. The third-order valence-corrected chi connectivity index (χ3v) is 3.58. The topological polar surface area (TPSA) is 49.4 Å². The van der Waals surface area contributed by atoms with E-state index in [0.29, 0.717) is 21.4 Å². The normalized spacial score (nSPS) is 10.3. The number of rotatable bonds is 4. The van der Waals surface area contributed by atoms with Gasteiger partial charge in [0, 0.05) is 28.3 Å². The van der Waals surface area contributed by atoms with Crippen molar-refractivity contribution in [3.63, 3.8) is 0 Å². The second-order valence-electron chi connectivity index (χ2n) is 5.15. The largest absolute Gasteiger partial charge is 0.325 e. The standard InChI is InChI=1S/C17H16Cl2N2O2/c1-11-4-3-5-15(6-11)20-17(23)10-21(12(2)22)16-8-13(18)7-14(19)9-16/h3-9H,10H2,1-2H3,(H,20,23). The predicted octanol–water partition coefficient (Wildman–Crippen LogP) is 4.29. The van der Waals surface area contributed by atoms with Crippen molar-refractivity contribution in [2.24, 2.45) is 0 Å². The SMILES string of the molecule is CC(=O)N(CC(=O)Nc1cccc(C)c1)c1cc(Cl)cc(Cl)c1. The molecule has 0 saturated carbocycles. The molecule has 0 aliphatic heterocycles. The number of aryl methyl sites for hydroxylation is 1. The lowest BCUT2D eigenvalue weighted by Crippen LogP contribution is -2.36. The molecule has 0 bridgehead atoms. The molecule has 0 atom stereocenters. The smallest absolute Gasteiger partial charge is 0.244 e. The number of hydrogen-bond acceptors (Lipinski definition) is 2. The molecule has 2 aromatic rings. The minimum atomic E-state index is -0.304. The average molecular weight is 351 g/mol. The minimum absolute atomic E-state index is 0.125. The Bertz CT molecular complexity index is 727. The van der Waals surface area contributed by atoms with Crippen LogP contribution >= 0.6 is 23.2 Å². The lowest BCUT2D eigenvalue weighted by atomic mass is 10.2. The number of halogens is 2. The van der Waals surface area contributed by atoms with Gasteiger partial charge in [0.2, 0.25) is 11.8 Å². The van der Waals surface area contributed by atoms with Crippen LogP contribution in [0.25, 0.3) is 0 Å². The third-order valence-electron chi connectivity index (χ3n) is 3.14. The molecule has 0 radical (unpaired) electrons. The number of anilines is 2. The first-order valence-corrected chi connectivity index (χ1v) is 7.71. The number of amides is 2. The van der Waals surface area contributed by atoms with Crippen molar-refractivity contribution in [1.29, 1.82) is 0 Å². The minimum Gasteiger partial charge on any atom is -0.325 e. The molecule has 0 unspecified atom stereocenters. The van der Waals surface area contributed by atoms with Gasteiger partial charge in [-0.25, -0.2) is 0 Å². The van der Waals surface area contributed by atoms with Crippen LogP contribution in [0, 0.1) is 6.92 Å². The van der Waals surface area contributed by atoms with E-state index in [9.17, 15) is 9.59 Å². The van der Waals surface area contributed by atoms with E-state index in [1.807, 2.05) is 25.1 Å². The second kappa shape index (κ2) is 7.49. The molecule has 1 N–H and O–H groups in total. The lowest BCUT2D eigenvalue weighted by Gasteiger charge is -2.21. The van der Waals surface area contributed by atoms with Crippen molar-refractivity contribution in [1.82, 2.24) is 0 Å². The van der Waals surface area contributed by atoms with Crippen LogP contribution in [0.4, 0.5) is 11.4 Å². The first kappa shape index (κ1) is 17.3. The zero-order chi connectivity index (χ0) is 17.0. The lowest BCUT2D eigenvalue weighted by molar-refractivity contribution is -0.120. The van der Waals surface area contributed by atoms with Gasteiger partial charge in [0.05, 0.1) is 0 Å². The number of nitrogens with zero attached hydrogens (tertiary/aromatic N) is 1. The summed E-state index contributed by atoms with van der Waals surface area (Å²) in [4.78, 5) is 25.4. The van der Waals surface area contributed by atoms with Crippen LogP contribution in [-0.4, -0.2) is 18.4 Å². The van der Waals surface area contributed by atoms with Gasteiger partial charge in [0.15, 0.2) is 0 Å². The molecule has 0 aliphatic carbocycles. The summed E-state index contributed by atoms with van der Waals surface area (Å²) in [6.45, 7) is 3.19. The molecule has 23 heavy (non-hydrogen) atoms. The Kier molecular flexibility index (Phi) is 5.64. The van der Waals surface area contributed by atoms with Crippen LogP contribution in [0.3, 0.4) is 0 Å².